The molecule has 0 fully saturated rings. The van der Waals surface area contributed by atoms with Gasteiger partial charge < -0.3 is 13.8 Å². The lowest BCUT2D eigenvalue weighted by atomic mass is 9.97. The first-order valence-corrected chi connectivity index (χ1v) is 9.91. The van der Waals surface area contributed by atoms with Crippen molar-refractivity contribution in [1.82, 2.24) is 0 Å². The van der Waals surface area contributed by atoms with Gasteiger partial charge in [-0.15, -0.1) is 0 Å². The molecule has 0 aromatic rings. The van der Waals surface area contributed by atoms with Crippen molar-refractivity contribution in [1.29, 1.82) is 0 Å². The Labute approximate surface area is 147 Å². The third-order valence-corrected chi connectivity index (χ3v) is 3.61. The summed E-state index contributed by atoms with van der Waals surface area (Å²) in [6.45, 7) is 12.3. The predicted molar refractivity (Wildman–Crippen MR) is 99.4 cm³/mol. The van der Waals surface area contributed by atoms with Crippen molar-refractivity contribution in [3.63, 3.8) is 0 Å². The lowest BCUT2D eigenvalue weighted by Gasteiger charge is -2.25. The minimum atomic E-state index is -2.74. The fourth-order valence-electron chi connectivity index (χ4n) is 1.43. The summed E-state index contributed by atoms with van der Waals surface area (Å²) in [7, 11) is -1.15. The molecule has 5 heteroatoms. The summed E-state index contributed by atoms with van der Waals surface area (Å²) >= 11 is 0. The van der Waals surface area contributed by atoms with E-state index in [1.54, 1.807) is 21.0 Å². The van der Waals surface area contributed by atoms with Crippen LogP contribution in [-0.4, -0.2) is 32.3 Å². The number of rotatable bonds is 8. The van der Waals surface area contributed by atoms with Gasteiger partial charge in [-0.2, -0.15) is 0 Å². The molecule has 0 aromatic heterocycles. The molecule has 0 N–H and O–H groups in total. The molecule has 0 saturated heterocycles. The third-order valence-electron chi connectivity index (χ3n) is 2.92. The van der Waals surface area contributed by atoms with Gasteiger partial charge in [-0.25, -0.2) is 0 Å². The van der Waals surface area contributed by atoms with E-state index in [0.717, 1.165) is 0 Å². The Balaban J connectivity index is 0. The van der Waals surface area contributed by atoms with Crippen LogP contribution in [0.5, 0.6) is 0 Å². The van der Waals surface area contributed by atoms with Gasteiger partial charge in [-0.1, -0.05) is 18.8 Å². The number of methoxy groups -OCH3 is 1. The molecule has 134 valence electrons. The van der Waals surface area contributed by atoms with E-state index in [1.807, 2.05) is 13.8 Å². The molecular weight excluding hydrogens is 323 g/mol. The van der Waals surface area contributed by atoms with Crippen LogP contribution in [0.2, 0.25) is 0 Å². The Bertz CT molecular complexity index is 560. The molecule has 0 aromatic carbocycles. The average molecular weight is 351 g/mol. The van der Waals surface area contributed by atoms with Crippen molar-refractivity contribution in [3.05, 3.63) is 6.66 Å². The molecule has 0 rings (SSSR count). The molecule has 0 aliphatic carbocycles. The van der Waals surface area contributed by atoms with Crippen molar-refractivity contribution >= 4 is 13.2 Å². The van der Waals surface area contributed by atoms with Gasteiger partial charge in [-0.05, 0) is 51.1 Å². The van der Waals surface area contributed by atoms with Gasteiger partial charge in [-0.3, -0.25) is 11.5 Å². The van der Waals surface area contributed by atoms with Gasteiger partial charge >= 0.3 is 0 Å². The van der Waals surface area contributed by atoms with Gasteiger partial charge in [0.15, 0.2) is 0 Å². The SMILES string of the molecule is CC#CC#CC#CC.[CH2-][P@@](C)(=O)OC[C@@H](CC(=O)CC)[C@@H](C)OC. The van der Waals surface area contributed by atoms with Crippen LogP contribution < -0.4 is 0 Å². The molecule has 4 nitrogen and oxygen atoms in total. The second-order valence-corrected chi connectivity index (χ2v) is 7.39. The van der Waals surface area contributed by atoms with Crippen molar-refractivity contribution in [3.8, 4) is 35.5 Å². The number of carbonyl (C=O) groups excluding carboxylic acids is 1. The van der Waals surface area contributed by atoms with Gasteiger partial charge in [0, 0.05) is 25.9 Å². The molecule has 0 amide bonds. The van der Waals surface area contributed by atoms with E-state index < -0.39 is 7.37 Å². The van der Waals surface area contributed by atoms with E-state index in [0.29, 0.717) is 12.8 Å². The highest BCUT2D eigenvalue weighted by Crippen LogP contribution is 2.40. The third kappa shape index (κ3) is 16.9. The lowest BCUT2D eigenvalue weighted by molar-refractivity contribution is -0.121. The van der Waals surface area contributed by atoms with Crippen LogP contribution in [0.3, 0.4) is 0 Å². The number of hydrogen-bond donors (Lipinski definition) is 0. The van der Waals surface area contributed by atoms with Crippen molar-refractivity contribution in [2.75, 3.05) is 20.4 Å². The van der Waals surface area contributed by atoms with E-state index in [2.05, 4.69) is 42.2 Å². The van der Waals surface area contributed by atoms with Crippen molar-refractivity contribution in [2.45, 2.75) is 46.6 Å². The average Bonchev–Trinajstić information content (AvgIpc) is 2.54. The summed E-state index contributed by atoms with van der Waals surface area (Å²) in [4.78, 5) is 11.4. The van der Waals surface area contributed by atoms with Gasteiger partial charge in [0.1, 0.15) is 5.78 Å². The highest BCUT2D eigenvalue weighted by Gasteiger charge is 2.21. The molecule has 0 saturated carbocycles. The smallest absolute Gasteiger partial charge is 0.133 e. The highest BCUT2D eigenvalue weighted by molar-refractivity contribution is 7.59. The van der Waals surface area contributed by atoms with Crippen LogP contribution >= 0.6 is 7.37 Å². The minimum Gasteiger partial charge on any atom is -0.381 e. The van der Waals surface area contributed by atoms with Crippen LogP contribution in [0.15, 0.2) is 0 Å². The molecule has 0 spiro atoms. The van der Waals surface area contributed by atoms with E-state index >= 15 is 0 Å². The zero-order valence-electron chi connectivity index (χ0n) is 15.6. The summed E-state index contributed by atoms with van der Waals surface area (Å²) in [5.41, 5.74) is 0. The normalized spacial score (nSPS) is 13.8. The predicted octanol–water partition coefficient (Wildman–Crippen LogP) is 3.76. The second kappa shape index (κ2) is 15.1. The molecule has 0 heterocycles. The standard InChI is InChI=1S/C11H22O4P.C8H6/c1-6-11(12)7-10(9(2)14-3)8-15-16(4,5)13;1-3-5-7-8-6-4-2/h9-10H,4,6-8H2,1-3,5H3;1-2H3/q-1;/t9-,10-,16-;/m1./s1. The molecule has 0 radical (unpaired) electrons. The summed E-state index contributed by atoms with van der Waals surface area (Å²) < 4.78 is 21.7. The van der Waals surface area contributed by atoms with Crippen molar-refractivity contribution < 1.29 is 18.6 Å². The zero-order valence-corrected chi connectivity index (χ0v) is 16.5. The van der Waals surface area contributed by atoms with Gasteiger partial charge in [0.25, 0.3) is 0 Å². The van der Waals surface area contributed by atoms with E-state index in [9.17, 15) is 9.36 Å². The first-order chi connectivity index (χ1) is 11.2. The summed E-state index contributed by atoms with van der Waals surface area (Å²) in [5, 5.41) is 0. The lowest BCUT2D eigenvalue weighted by Crippen LogP contribution is -2.26. The monoisotopic (exact) mass is 351 g/mol. The Morgan fingerprint density at radius 2 is 1.67 bits per heavy atom. The first kappa shape index (κ1) is 24.7. The van der Waals surface area contributed by atoms with Gasteiger partial charge in [0.2, 0.25) is 0 Å². The Hall–Kier alpha value is -1.50. The second-order valence-electron chi connectivity index (χ2n) is 5.11. The first-order valence-electron chi connectivity index (χ1n) is 7.66. The van der Waals surface area contributed by atoms with Crippen LogP contribution in [0.1, 0.15) is 40.5 Å². The summed E-state index contributed by atoms with van der Waals surface area (Å²) in [5.74, 6) is 15.6. The van der Waals surface area contributed by atoms with Crippen LogP contribution in [0.4, 0.5) is 0 Å². The number of ether oxygens (including phenoxy) is 1. The Morgan fingerprint density at radius 3 is 2.00 bits per heavy atom. The topological polar surface area (TPSA) is 52.6 Å². The van der Waals surface area contributed by atoms with Crippen LogP contribution in [0, 0.1) is 48.1 Å². The van der Waals surface area contributed by atoms with Crippen LogP contribution in [-0.2, 0) is 18.6 Å². The Kier molecular flexibility index (Phi) is 15.5. The Morgan fingerprint density at radius 1 is 1.17 bits per heavy atom. The fourth-order valence-corrected chi connectivity index (χ4v) is 1.94. The van der Waals surface area contributed by atoms with Gasteiger partial charge in [0.05, 0.1) is 20.1 Å². The van der Waals surface area contributed by atoms with E-state index in [4.69, 9.17) is 9.26 Å². The maximum atomic E-state index is 11.4. The molecule has 0 unspecified atom stereocenters. The van der Waals surface area contributed by atoms with Crippen LogP contribution in [0.25, 0.3) is 0 Å². The minimum absolute atomic E-state index is 0.0625. The highest BCUT2D eigenvalue weighted by atomic mass is 31.2. The quantitative estimate of drug-likeness (QED) is 0.380. The maximum absolute atomic E-state index is 11.4. The molecular formula is C19H28O4P-. The largest absolute Gasteiger partial charge is 0.381 e. The summed E-state index contributed by atoms with van der Waals surface area (Å²) in [6, 6.07) is 0. The number of hydrogen-bond acceptors (Lipinski definition) is 4. The maximum Gasteiger partial charge on any atom is 0.133 e. The molecule has 0 aliphatic rings. The number of ketones is 1. The molecule has 0 bridgehead atoms. The molecule has 0 aliphatic heterocycles. The number of carbonyl (C=O) groups is 1. The van der Waals surface area contributed by atoms with E-state index in [-0.39, 0.29) is 24.4 Å². The number of Topliss-reactive ketones (excluding diaryl/α,β-unsaturated/α-hetero) is 1. The molecule has 3 atom stereocenters. The van der Waals surface area contributed by atoms with E-state index in [1.165, 1.54) is 6.66 Å². The van der Waals surface area contributed by atoms with Crippen molar-refractivity contribution in [2.24, 2.45) is 5.92 Å². The molecule has 24 heavy (non-hydrogen) atoms. The summed E-state index contributed by atoms with van der Waals surface area (Å²) in [6.07, 6.45) is 0.800. The fraction of sp³-hybridized carbons (Fsp3) is 0.579. The zero-order chi connectivity index (χ0) is 19.0.